The fraction of sp³-hybridized carbons (Fsp3) is 0.462. The lowest BCUT2D eigenvalue weighted by molar-refractivity contribution is -0.135. The Labute approximate surface area is 197 Å². The van der Waals surface area contributed by atoms with E-state index in [1.54, 1.807) is 18.2 Å². The Morgan fingerprint density at radius 2 is 1.48 bits per heavy atom. The number of nitrogens with zero attached hydrogens (tertiary/aromatic N) is 1. The second-order valence-corrected chi connectivity index (χ2v) is 11.7. The molecule has 0 bridgehead atoms. The third kappa shape index (κ3) is 4.69. The molecule has 0 unspecified atom stereocenters. The number of anilines is 1. The Bertz CT molecular complexity index is 1170. The maximum absolute atomic E-state index is 13.7. The summed E-state index contributed by atoms with van der Waals surface area (Å²) in [6.07, 6.45) is 1.86. The highest BCUT2D eigenvalue weighted by Gasteiger charge is 2.54. The van der Waals surface area contributed by atoms with Gasteiger partial charge in [0.05, 0.1) is 11.4 Å². The number of aryl methyl sites for hydroxylation is 5. The lowest BCUT2D eigenvalue weighted by Gasteiger charge is -2.32. The minimum atomic E-state index is -3.92. The summed E-state index contributed by atoms with van der Waals surface area (Å²) in [6, 6.07) is 8.98. The molecule has 1 N–H and O–H groups in total. The highest BCUT2D eigenvalue weighted by Crippen LogP contribution is 2.42. The van der Waals surface area contributed by atoms with Gasteiger partial charge < -0.3 is 10.2 Å². The first-order valence-electron chi connectivity index (χ1n) is 11.3. The monoisotopic (exact) mass is 470 g/mol. The number of benzene rings is 2. The average Bonchev–Trinajstić information content (AvgIpc) is 3.23. The summed E-state index contributed by atoms with van der Waals surface area (Å²) in [5.41, 5.74) is 5.59. The number of sulfone groups is 1. The van der Waals surface area contributed by atoms with Crippen LogP contribution in [0.15, 0.2) is 35.2 Å². The summed E-state index contributed by atoms with van der Waals surface area (Å²) in [6.45, 7) is 9.42. The van der Waals surface area contributed by atoms with Crippen LogP contribution in [0.25, 0.3) is 0 Å². The third-order valence-corrected chi connectivity index (χ3v) is 9.26. The lowest BCUT2D eigenvalue weighted by Crippen LogP contribution is -2.52. The van der Waals surface area contributed by atoms with Gasteiger partial charge in [0, 0.05) is 12.7 Å². The van der Waals surface area contributed by atoms with E-state index in [0.29, 0.717) is 12.8 Å². The Morgan fingerprint density at radius 3 is 2.03 bits per heavy atom. The van der Waals surface area contributed by atoms with Crippen molar-refractivity contribution in [1.29, 1.82) is 0 Å². The van der Waals surface area contributed by atoms with E-state index >= 15 is 0 Å². The van der Waals surface area contributed by atoms with Crippen molar-refractivity contribution in [1.82, 2.24) is 4.90 Å². The fourth-order valence-electron chi connectivity index (χ4n) is 4.84. The molecule has 0 aromatic heterocycles. The highest BCUT2D eigenvalue weighted by molar-refractivity contribution is 7.93. The van der Waals surface area contributed by atoms with Crippen LogP contribution in [0.3, 0.4) is 0 Å². The van der Waals surface area contributed by atoms with Gasteiger partial charge in [-0.25, -0.2) is 8.42 Å². The molecule has 0 heterocycles. The fourth-order valence-corrected chi connectivity index (χ4v) is 7.08. The van der Waals surface area contributed by atoms with Crippen molar-refractivity contribution in [3.63, 3.8) is 0 Å². The van der Waals surface area contributed by atoms with Crippen LogP contribution in [0.1, 0.15) is 53.5 Å². The quantitative estimate of drug-likeness (QED) is 0.678. The van der Waals surface area contributed by atoms with E-state index in [0.717, 1.165) is 33.5 Å². The molecule has 1 fully saturated rings. The zero-order valence-electron chi connectivity index (χ0n) is 20.4. The Kier molecular flexibility index (Phi) is 7.03. The smallest absolute Gasteiger partial charge is 0.244 e. The number of carbonyl (C=O) groups is 2. The Morgan fingerprint density at radius 1 is 0.909 bits per heavy atom. The summed E-state index contributed by atoms with van der Waals surface area (Å²) in [5.74, 6) is -0.858. The van der Waals surface area contributed by atoms with Crippen LogP contribution < -0.4 is 5.32 Å². The first-order valence-corrected chi connectivity index (χ1v) is 12.8. The SMILES string of the molecule is Cc1cc(C)c(NC(=O)CN(C)C(=O)C2(S(=O)(=O)c3ccc(C)c(C)c3)CCCC2)c(C)c1. The molecule has 2 amide bonds. The van der Waals surface area contributed by atoms with Crippen LogP contribution in [-0.4, -0.2) is 43.5 Å². The molecule has 7 heteroatoms. The van der Waals surface area contributed by atoms with E-state index in [9.17, 15) is 18.0 Å². The van der Waals surface area contributed by atoms with Gasteiger partial charge in [0.1, 0.15) is 0 Å². The standard InChI is InChI=1S/C26H34N2O4S/c1-17-13-20(4)24(21(5)14-17)27-23(29)16-28(6)25(30)26(11-7-8-12-26)33(31,32)22-10-9-18(2)19(3)15-22/h9-10,13-15H,7-8,11-12,16H2,1-6H3,(H,27,29). The van der Waals surface area contributed by atoms with Crippen LogP contribution >= 0.6 is 0 Å². The van der Waals surface area contributed by atoms with E-state index in [1.165, 1.54) is 11.9 Å². The van der Waals surface area contributed by atoms with Gasteiger partial charge >= 0.3 is 0 Å². The molecule has 1 aliphatic rings. The zero-order chi connectivity index (χ0) is 24.6. The summed E-state index contributed by atoms with van der Waals surface area (Å²) in [4.78, 5) is 27.8. The molecule has 0 saturated heterocycles. The van der Waals surface area contributed by atoms with Crippen LogP contribution in [-0.2, 0) is 19.4 Å². The summed E-state index contributed by atoms with van der Waals surface area (Å²) in [7, 11) is -2.41. The van der Waals surface area contributed by atoms with Crippen molar-refractivity contribution in [2.45, 2.75) is 69.9 Å². The number of likely N-dealkylation sites (N-methyl/N-ethyl adjacent to an activating group) is 1. The maximum Gasteiger partial charge on any atom is 0.244 e. The third-order valence-electron chi connectivity index (χ3n) is 6.77. The van der Waals surface area contributed by atoms with Crippen LogP contribution in [0.2, 0.25) is 0 Å². The van der Waals surface area contributed by atoms with Crippen molar-refractivity contribution in [3.8, 4) is 0 Å². The predicted molar refractivity (Wildman–Crippen MR) is 131 cm³/mol. The molecule has 0 spiro atoms. The molecule has 2 aromatic carbocycles. The second kappa shape index (κ2) is 9.29. The number of rotatable bonds is 6. The molecule has 33 heavy (non-hydrogen) atoms. The summed E-state index contributed by atoms with van der Waals surface area (Å²) in [5, 5.41) is 2.90. The number of hydrogen-bond donors (Lipinski definition) is 1. The number of hydrogen-bond acceptors (Lipinski definition) is 4. The molecular formula is C26H34N2O4S. The molecular weight excluding hydrogens is 436 g/mol. The van der Waals surface area contributed by atoms with Gasteiger partial charge in [0.25, 0.3) is 0 Å². The van der Waals surface area contributed by atoms with Gasteiger partial charge in [0.15, 0.2) is 14.6 Å². The topological polar surface area (TPSA) is 83.6 Å². The van der Waals surface area contributed by atoms with Gasteiger partial charge in [-0.05, 0) is 81.8 Å². The first kappa shape index (κ1) is 25.0. The van der Waals surface area contributed by atoms with Crippen LogP contribution in [0, 0.1) is 34.6 Å². The van der Waals surface area contributed by atoms with Gasteiger partial charge in [-0.2, -0.15) is 0 Å². The predicted octanol–water partition coefficient (Wildman–Crippen LogP) is 4.41. The minimum absolute atomic E-state index is 0.171. The van der Waals surface area contributed by atoms with Crippen molar-refractivity contribution in [2.24, 2.45) is 0 Å². The lowest BCUT2D eigenvalue weighted by atomic mass is 10.0. The molecule has 3 rings (SSSR count). The second-order valence-electron chi connectivity index (χ2n) is 9.43. The highest BCUT2D eigenvalue weighted by atomic mass is 32.2. The van der Waals surface area contributed by atoms with E-state index in [2.05, 4.69) is 5.32 Å². The Balaban J connectivity index is 1.85. The largest absolute Gasteiger partial charge is 0.335 e. The first-order chi connectivity index (χ1) is 15.4. The van der Waals surface area contributed by atoms with Gasteiger partial charge in [-0.15, -0.1) is 0 Å². The maximum atomic E-state index is 13.7. The minimum Gasteiger partial charge on any atom is -0.335 e. The van der Waals surface area contributed by atoms with Gasteiger partial charge in [-0.1, -0.05) is 36.6 Å². The van der Waals surface area contributed by atoms with E-state index in [4.69, 9.17) is 0 Å². The number of carbonyl (C=O) groups excluding carboxylic acids is 2. The van der Waals surface area contributed by atoms with Crippen molar-refractivity contribution in [2.75, 3.05) is 18.9 Å². The molecule has 1 saturated carbocycles. The van der Waals surface area contributed by atoms with E-state index in [1.807, 2.05) is 46.8 Å². The average molecular weight is 471 g/mol. The molecule has 1 aliphatic carbocycles. The summed E-state index contributed by atoms with van der Waals surface area (Å²) < 4.78 is 25.9. The van der Waals surface area contributed by atoms with Crippen molar-refractivity contribution in [3.05, 3.63) is 58.1 Å². The van der Waals surface area contributed by atoms with Crippen LogP contribution in [0.4, 0.5) is 5.69 Å². The normalized spacial score (nSPS) is 15.3. The molecule has 0 radical (unpaired) electrons. The molecule has 0 atom stereocenters. The van der Waals surface area contributed by atoms with Crippen molar-refractivity contribution < 1.29 is 18.0 Å². The molecule has 2 aromatic rings. The molecule has 0 aliphatic heterocycles. The molecule has 6 nitrogen and oxygen atoms in total. The van der Waals surface area contributed by atoms with Crippen LogP contribution in [0.5, 0.6) is 0 Å². The summed E-state index contributed by atoms with van der Waals surface area (Å²) >= 11 is 0. The van der Waals surface area contributed by atoms with Crippen molar-refractivity contribution >= 4 is 27.3 Å². The van der Waals surface area contributed by atoms with E-state index < -0.39 is 20.5 Å². The van der Waals surface area contributed by atoms with E-state index in [-0.39, 0.29) is 30.2 Å². The molecule has 178 valence electrons. The Hall–Kier alpha value is -2.67. The zero-order valence-corrected chi connectivity index (χ0v) is 21.2. The van der Waals surface area contributed by atoms with Gasteiger partial charge in [-0.3, -0.25) is 9.59 Å². The number of nitrogens with one attached hydrogen (secondary N) is 1. The number of amides is 2. The van der Waals surface area contributed by atoms with Gasteiger partial charge in [0.2, 0.25) is 11.8 Å².